The van der Waals surface area contributed by atoms with Gasteiger partial charge in [0.05, 0.1) is 5.69 Å². The smallest absolute Gasteiger partial charge is 0.226 e. The van der Waals surface area contributed by atoms with E-state index in [1.807, 2.05) is 12.1 Å². The molecule has 0 bridgehead atoms. The number of nitrogens with one attached hydrogen (secondary N) is 1. The Kier molecular flexibility index (Phi) is 2.63. The van der Waals surface area contributed by atoms with Crippen LogP contribution >= 0.6 is 0 Å². The van der Waals surface area contributed by atoms with Crippen LogP contribution in [-0.2, 0) is 4.79 Å². The number of benzene rings is 1. The highest BCUT2D eigenvalue weighted by Crippen LogP contribution is 2.13. The zero-order valence-electron chi connectivity index (χ0n) is 8.92. The van der Waals surface area contributed by atoms with Gasteiger partial charge in [-0.25, -0.2) is 0 Å². The third-order valence-corrected chi connectivity index (χ3v) is 2.19. The summed E-state index contributed by atoms with van der Waals surface area (Å²) in [5.41, 5.74) is 10.2. The summed E-state index contributed by atoms with van der Waals surface area (Å²) >= 11 is 0. The number of hydrogen-bond donors (Lipinski definition) is 2. The van der Waals surface area contributed by atoms with E-state index in [9.17, 15) is 4.79 Å². The van der Waals surface area contributed by atoms with Gasteiger partial charge in [0.25, 0.3) is 0 Å². The minimum atomic E-state index is -0.0367. The molecule has 0 radical (unpaired) electrons. The van der Waals surface area contributed by atoms with Crippen molar-refractivity contribution in [3.8, 4) is 0 Å². The molecule has 3 N–H and O–H groups in total. The van der Waals surface area contributed by atoms with Crippen LogP contribution in [0.15, 0.2) is 29.4 Å². The summed E-state index contributed by atoms with van der Waals surface area (Å²) in [6.07, 6.45) is 1.49. The summed E-state index contributed by atoms with van der Waals surface area (Å²) in [5.74, 6) is -0.0367. The number of nitrogen functional groups attached to an aromatic ring is 1. The minimum absolute atomic E-state index is 0.0367. The molecule has 1 heterocycles. The highest BCUT2D eigenvalue weighted by molar-refractivity contribution is 5.86. The van der Waals surface area contributed by atoms with Crippen LogP contribution in [0.2, 0.25) is 0 Å². The van der Waals surface area contributed by atoms with Crippen LogP contribution in [0, 0.1) is 0 Å². The fourth-order valence-corrected chi connectivity index (χ4v) is 1.29. The molecule has 0 saturated carbocycles. The molecule has 84 valence electrons. The number of nitrogens with two attached hydrogens (primary N) is 1. The molecular formula is C10H13N5O. The van der Waals surface area contributed by atoms with Crippen LogP contribution in [0.1, 0.15) is 6.92 Å². The zero-order valence-corrected chi connectivity index (χ0v) is 8.92. The quantitative estimate of drug-likeness (QED) is 0.717. The van der Waals surface area contributed by atoms with E-state index in [1.165, 1.54) is 18.2 Å². The molecule has 2 rings (SSSR count). The zero-order chi connectivity index (χ0) is 11.5. The van der Waals surface area contributed by atoms with E-state index in [0.717, 1.165) is 5.69 Å². The Morgan fingerprint density at radius 1 is 1.44 bits per heavy atom. The third-order valence-electron chi connectivity index (χ3n) is 2.19. The second kappa shape index (κ2) is 4.09. The molecule has 1 amide bonds. The maximum absolute atomic E-state index is 11.1. The number of carbonyl (C=O) groups is 1. The predicted octanol–water partition coefficient (Wildman–Crippen LogP) is 0.661. The highest BCUT2D eigenvalue weighted by Gasteiger charge is 2.16. The van der Waals surface area contributed by atoms with Crippen molar-refractivity contribution in [2.45, 2.75) is 6.92 Å². The maximum atomic E-state index is 11.1. The Labute approximate surface area is 93.3 Å². The monoisotopic (exact) mass is 219 g/mol. The molecule has 6 nitrogen and oxygen atoms in total. The summed E-state index contributed by atoms with van der Waals surface area (Å²) in [6.45, 7) is 1.90. The average Bonchev–Trinajstić information content (AvgIpc) is 2.70. The lowest BCUT2D eigenvalue weighted by atomic mass is 10.3. The van der Waals surface area contributed by atoms with Gasteiger partial charge < -0.3 is 5.73 Å². The van der Waals surface area contributed by atoms with Crippen LogP contribution in [0.3, 0.4) is 0 Å². The van der Waals surface area contributed by atoms with E-state index in [0.29, 0.717) is 12.4 Å². The van der Waals surface area contributed by atoms with Gasteiger partial charge in [0.1, 0.15) is 13.0 Å². The van der Waals surface area contributed by atoms with Gasteiger partial charge >= 0.3 is 0 Å². The number of nitrogens with zero attached hydrogens (tertiary/aromatic N) is 3. The SMILES string of the molecule is CC(=O)N1C=NN(Nc2ccc(N)cc2)C1. The summed E-state index contributed by atoms with van der Waals surface area (Å²) < 4.78 is 0. The van der Waals surface area contributed by atoms with Crippen molar-refractivity contribution in [1.29, 1.82) is 0 Å². The largest absolute Gasteiger partial charge is 0.399 e. The lowest BCUT2D eigenvalue weighted by Crippen LogP contribution is -2.33. The molecule has 0 saturated heterocycles. The summed E-state index contributed by atoms with van der Waals surface area (Å²) in [4.78, 5) is 12.6. The Balaban J connectivity index is 1.95. The van der Waals surface area contributed by atoms with Crippen molar-refractivity contribution >= 4 is 23.6 Å². The molecule has 0 unspecified atom stereocenters. The number of carbonyl (C=O) groups excluding carboxylic acids is 1. The molecule has 0 atom stereocenters. The lowest BCUT2D eigenvalue weighted by molar-refractivity contribution is -0.125. The van der Waals surface area contributed by atoms with Gasteiger partial charge in [-0.05, 0) is 24.3 Å². The van der Waals surface area contributed by atoms with Gasteiger partial charge in [0, 0.05) is 12.6 Å². The van der Waals surface area contributed by atoms with Crippen LogP contribution in [-0.4, -0.2) is 28.9 Å². The van der Waals surface area contributed by atoms with Gasteiger partial charge in [0.2, 0.25) is 5.91 Å². The molecule has 1 aliphatic heterocycles. The van der Waals surface area contributed by atoms with E-state index in [4.69, 9.17) is 5.73 Å². The van der Waals surface area contributed by atoms with E-state index in [-0.39, 0.29) is 5.91 Å². The summed E-state index contributed by atoms with van der Waals surface area (Å²) in [6, 6.07) is 7.29. The van der Waals surface area contributed by atoms with Gasteiger partial charge in [-0.15, -0.1) is 5.10 Å². The number of amides is 1. The van der Waals surface area contributed by atoms with Gasteiger partial charge in [-0.2, -0.15) is 5.12 Å². The first-order valence-electron chi connectivity index (χ1n) is 4.86. The molecule has 0 spiro atoms. The van der Waals surface area contributed by atoms with Gasteiger partial charge in [-0.1, -0.05) is 0 Å². The van der Waals surface area contributed by atoms with Crippen molar-refractivity contribution in [3.05, 3.63) is 24.3 Å². The number of hydrazone groups is 1. The summed E-state index contributed by atoms with van der Waals surface area (Å²) in [7, 11) is 0. The lowest BCUT2D eigenvalue weighted by Gasteiger charge is -2.18. The number of hydrazine groups is 1. The van der Waals surface area contributed by atoms with Crippen LogP contribution < -0.4 is 11.2 Å². The Bertz CT molecular complexity index is 414. The van der Waals surface area contributed by atoms with Crippen LogP contribution in [0.5, 0.6) is 0 Å². The summed E-state index contributed by atoms with van der Waals surface area (Å²) in [5, 5.41) is 5.60. The Hall–Kier alpha value is -2.24. The number of hydrogen-bond acceptors (Lipinski definition) is 5. The standard InChI is InChI=1S/C10H13N5O/c1-8(16)14-6-12-15(7-14)13-10-4-2-9(11)3-5-10/h2-6,13H,7,11H2,1H3. The van der Waals surface area contributed by atoms with Crippen molar-refractivity contribution in [2.75, 3.05) is 17.8 Å². The Morgan fingerprint density at radius 3 is 2.69 bits per heavy atom. The molecule has 6 heteroatoms. The predicted molar refractivity (Wildman–Crippen MR) is 62.2 cm³/mol. The normalized spacial score (nSPS) is 14.3. The molecule has 0 aromatic heterocycles. The van der Waals surface area contributed by atoms with Crippen molar-refractivity contribution in [2.24, 2.45) is 5.10 Å². The van der Waals surface area contributed by atoms with Gasteiger partial charge in [-0.3, -0.25) is 15.1 Å². The van der Waals surface area contributed by atoms with Crippen molar-refractivity contribution in [3.63, 3.8) is 0 Å². The van der Waals surface area contributed by atoms with E-state index >= 15 is 0 Å². The average molecular weight is 219 g/mol. The fraction of sp³-hybridized carbons (Fsp3) is 0.200. The maximum Gasteiger partial charge on any atom is 0.226 e. The van der Waals surface area contributed by atoms with E-state index < -0.39 is 0 Å². The van der Waals surface area contributed by atoms with Gasteiger partial charge in [0.15, 0.2) is 0 Å². The highest BCUT2D eigenvalue weighted by atomic mass is 16.2. The van der Waals surface area contributed by atoms with Crippen LogP contribution in [0.4, 0.5) is 11.4 Å². The number of anilines is 2. The topological polar surface area (TPSA) is 74.0 Å². The second-order valence-corrected chi connectivity index (χ2v) is 3.49. The molecule has 1 aromatic carbocycles. The van der Waals surface area contributed by atoms with E-state index in [2.05, 4.69) is 10.5 Å². The molecule has 1 aromatic rings. The first-order chi connectivity index (χ1) is 7.65. The number of rotatable bonds is 2. The van der Waals surface area contributed by atoms with E-state index in [1.54, 1.807) is 17.3 Å². The minimum Gasteiger partial charge on any atom is -0.399 e. The molecule has 0 fully saturated rings. The molecule has 1 aliphatic rings. The van der Waals surface area contributed by atoms with Crippen molar-refractivity contribution in [1.82, 2.24) is 10.0 Å². The third kappa shape index (κ3) is 2.22. The molecule has 0 aliphatic carbocycles. The first-order valence-corrected chi connectivity index (χ1v) is 4.86. The van der Waals surface area contributed by atoms with Crippen molar-refractivity contribution < 1.29 is 4.79 Å². The Morgan fingerprint density at radius 2 is 2.12 bits per heavy atom. The molecular weight excluding hydrogens is 206 g/mol. The first kappa shape index (κ1) is 10.3. The fourth-order valence-electron chi connectivity index (χ4n) is 1.29. The van der Waals surface area contributed by atoms with Crippen LogP contribution in [0.25, 0.3) is 0 Å². The second-order valence-electron chi connectivity index (χ2n) is 3.49. The molecule has 16 heavy (non-hydrogen) atoms.